The number of nitrogens with one attached hydrogen (secondary N) is 9. The highest BCUT2D eigenvalue weighted by molar-refractivity contribution is 5.98. The van der Waals surface area contributed by atoms with Gasteiger partial charge in [0.25, 0.3) is 0 Å². The zero-order valence-electron chi connectivity index (χ0n) is 40.4. The third-order valence-electron chi connectivity index (χ3n) is 11.9. The fraction of sp³-hybridized carbons (Fsp3) is 0.578. The number of aliphatic hydroxyl groups is 1. The standard InChI is InChI=1S/C45H69N13O13/c1-6-23(4)35(42(68)54-31(18-26-20-49-21-51-26)43(69)58-16-8-10-32(58)40(66)57-36(24(5)59)44(70)71)56-39(65)30(17-25-11-13-27(60)14-12-25)53-41(67)34(22(2)3)55-38(64)29(9-7-15-50-45(47)48)52-37(63)28(46)19-33(61)62/h11-14,20-24,28-32,34-36,59-60H,6-10,15-19,46H2,1-5H3,(H,49,51)(H,52,63)(H,53,67)(H,54,68)(H,55,64)(H,56,65)(H,57,66)(H,61,62)(H,70,71)(H4,47,48,50)/t23-,24+,28-,29-,30-,31-,32-,34-,35-,36-/m0/s1. The van der Waals surface area contributed by atoms with Crippen LogP contribution in [-0.2, 0) is 56.0 Å². The number of phenols is 1. The molecule has 1 aliphatic heterocycles. The first-order chi connectivity index (χ1) is 33.4. The predicted molar refractivity (Wildman–Crippen MR) is 253 cm³/mol. The molecule has 71 heavy (non-hydrogen) atoms. The molecule has 26 nitrogen and oxygen atoms in total. The lowest BCUT2D eigenvalue weighted by atomic mass is 9.96. The largest absolute Gasteiger partial charge is 0.508 e. The van der Waals surface area contributed by atoms with Crippen molar-refractivity contribution in [1.82, 2.24) is 52.1 Å². The molecule has 2 heterocycles. The fourth-order valence-corrected chi connectivity index (χ4v) is 7.66. The van der Waals surface area contributed by atoms with E-state index in [-0.39, 0.29) is 56.9 Å². The highest BCUT2D eigenvalue weighted by Gasteiger charge is 2.41. The summed E-state index contributed by atoms with van der Waals surface area (Å²) in [5.74, 6) is -10.3. The first-order valence-corrected chi connectivity index (χ1v) is 23.3. The van der Waals surface area contributed by atoms with Crippen molar-refractivity contribution in [2.45, 2.75) is 140 Å². The molecular weight excluding hydrogens is 931 g/mol. The van der Waals surface area contributed by atoms with Crippen LogP contribution in [0.3, 0.4) is 0 Å². The number of phenolic OH excluding ortho intramolecular Hbond substituents is 1. The number of aliphatic carboxylic acids is 2. The Morgan fingerprint density at radius 3 is 1.99 bits per heavy atom. The van der Waals surface area contributed by atoms with Gasteiger partial charge in [0.2, 0.25) is 41.4 Å². The summed E-state index contributed by atoms with van der Waals surface area (Å²) < 4.78 is 0. The molecule has 7 amide bonds. The monoisotopic (exact) mass is 1000 g/mol. The van der Waals surface area contributed by atoms with Gasteiger partial charge in [-0.25, -0.2) is 9.78 Å². The molecule has 1 aromatic heterocycles. The number of likely N-dealkylation sites (tertiary alicyclic amines) is 1. The Balaban J connectivity index is 1.93. The molecule has 1 saturated heterocycles. The van der Waals surface area contributed by atoms with Crippen molar-refractivity contribution >= 4 is 59.2 Å². The second-order valence-corrected chi connectivity index (χ2v) is 17.9. The van der Waals surface area contributed by atoms with E-state index in [1.807, 2.05) is 0 Å². The summed E-state index contributed by atoms with van der Waals surface area (Å²) in [5, 5.41) is 64.1. The van der Waals surface area contributed by atoms with Gasteiger partial charge in [0, 0.05) is 32.1 Å². The number of carbonyl (C=O) groups is 9. The van der Waals surface area contributed by atoms with E-state index in [2.05, 4.69) is 47.2 Å². The molecule has 0 unspecified atom stereocenters. The minimum Gasteiger partial charge on any atom is -0.508 e. The number of carboxylic acid groups (broad SMARTS) is 2. The first-order valence-electron chi connectivity index (χ1n) is 23.3. The minimum atomic E-state index is -1.65. The number of H-pyrrole nitrogens is 1. The van der Waals surface area contributed by atoms with Gasteiger partial charge in [-0.15, -0.1) is 0 Å². The Morgan fingerprint density at radius 2 is 1.42 bits per heavy atom. The van der Waals surface area contributed by atoms with E-state index in [0.717, 1.165) is 0 Å². The van der Waals surface area contributed by atoms with Crippen molar-refractivity contribution in [1.29, 1.82) is 5.41 Å². The number of nitrogens with zero attached hydrogens (tertiary/aromatic N) is 2. The first kappa shape index (κ1) is 58.0. The highest BCUT2D eigenvalue weighted by atomic mass is 16.4. The van der Waals surface area contributed by atoms with Gasteiger partial charge in [0.15, 0.2) is 12.0 Å². The fourth-order valence-electron chi connectivity index (χ4n) is 7.66. The average molecular weight is 1000 g/mol. The number of aliphatic hydroxyl groups excluding tert-OH is 1. The molecule has 1 aliphatic rings. The summed E-state index contributed by atoms with van der Waals surface area (Å²) in [6, 6.07) is -5.38. The van der Waals surface area contributed by atoms with E-state index in [9.17, 15) is 58.5 Å². The number of amides is 7. The van der Waals surface area contributed by atoms with Crippen molar-refractivity contribution < 1.29 is 63.6 Å². The highest BCUT2D eigenvalue weighted by Crippen LogP contribution is 2.21. The summed E-state index contributed by atoms with van der Waals surface area (Å²) in [7, 11) is 0. The van der Waals surface area contributed by atoms with E-state index < -0.39 is 126 Å². The number of nitrogens with two attached hydrogens (primary N) is 2. The van der Waals surface area contributed by atoms with Crippen molar-refractivity contribution in [3.8, 4) is 5.75 Å². The van der Waals surface area contributed by atoms with Gasteiger partial charge in [-0.3, -0.25) is 43.8 Å². The van der Waals surface area contributed by atoms with Crippen LogP contribution in [0.15, 0.2) is 36.8 Å². The van der Waals surface area contributed by atoms with E-state index in [4.69, 9.17) is 22.0 Å². The van der Waals surface area contributed by atoms with Crippen LogP contribution in [0, 0.1) is 17.2 Å². The van der Waals surface area contributed by atoms with Gasteiger partial charge >= 0.3 is 11.9 Å². The minimum absolute atomic E-state index is 0.0612. The van der Waals surface area contributed by atoms with Gasteiger partial charge in [-0.2, -0.15) is 0 Å². The SMILES string of the molecule is CC[C@H](C)[C@H](NC(=O)[C@H](Cc1ccc(O)cc1)NC(=O)[C@@H](NC(=O)[C@H](CCCNC(=N)N)NC(=O)[C@@H](N)CC(=O)O)C(C)C)C(=O)N[C@@H](Cc1c[nH]cn1)C(=O)N1CCC[C@H]1C(=O)N[C@H](C(=O)O)[C@@H](C)O. The molecule has 17 N–H and O–H groups in total. The molecule has 0 radical (unpaired) electrons. The number of aromatic nitrogens is 2. The van der Waals surface area contributed by atoms with Crippen LogP contribution >= 0.6 is 0 Å². The van der Waals surface area contributed by atoms with E-state index in [0.29, 0.717) is 24.1 Å². The molecule has 1 fully saturated rings. The van der Waals surface area contributed by atoms with Crippen LogP contribution in [0.5, 0.6) is 5.75 Å². The molecule has 0 bridgehead atoms. The molecule has 3 rings (SSSR count). The number of carbonyl (C=O) groups excluding carboxylic acids is 7. The summed E-state index contributed by atoms with van der Waals surface area (Å²) in [6.07, 6.45) is 1.29. The molecule has 2 aromatic rings. The summed E-state index contributed by atoms with van der Waals surface area (Å²) >= 11 is 0. The third kappa shape index (κ3) is 18.2. The number of guanidine groups is 1. The number of hydrogen-bond acceptors (Lipinski definition) is 14. The maximum absolute atomic E-state index is 14.5. The lowest BCUT2D eigenvalue weighted by Crippen LogP contribution is -2.62. The Bertz CT molecular complexity index is 2170. The zero-order chi connectivity index (χ0) is 53.1. The van der Waals surface area contributed by atoms with E-state index in [1.165, 1.54) is 48.6 Å². The van der Waals surface area contributed by atoms with Crippen molar-refractivity contribution in [2.24, 2.45) is 23.3 Å². The third-order valence-corrected chi connectivity index (χ3v) is 11.9. The second-order valence-electron chi connectivity index (χ2n) is 17.9. The predicted octanol–water partition coefficient (Wildman–Crippen LogP) is -2.97. The number of rotatable bonds is 28. The summed E-state index contributed by atoms with van der Waals surface area (Å²) in [5.41, 5.74) is 11.9. The molecule has 392 valence electrons. The van der Waals surface area contributed by atoms with Gasteiger partial charge < -0.3 is 79.0 Å². The van der Waals surface area contributed by atoms with Gasteiger partial charge in [-0.05, 0) is 62.1 Å². The van der Waals surface area contributed by atoms with Crippen LogP contribution in [0.2, 0.25) is 0 Å². The van der Waals surface area contributed by atoms with Crippen LogP contribution in [0.1, 0.15) is 84.4 Å². The Morgan fingerprint density at radius 1 is 0.817 bits per heavy atom. The summed E-state index contributed by atoms with van der Waals surface area (Å²) in [4.78, 5) is 129. The maximum atomic E-state index is 14.5. The van der Waals surface area contributed by atoms with Crippen LogP contribution in [0.4, 0.5) is 0 Å². The maximum Gasteiger partial charge on any atom is 0.328 e. The van der Waals surface area contributed by atoms with Gasteiger partial charge in [-0.1, -0.05) is 46.2 Å². The lowest BCUT2D eigenvalue weighted by Gasteiger charge is -2.32. The topological polar surface area (TPSA) is 427 Å². The van der Waals surface area contributed by atoms with Crippen molar-refractivity contribution in [3.63, 3.8) is 0 Å². The quantitative estimate of drug-likeness (QED) is 0.0230. The molecule has 10 atom stereocenters. The van der Waals surface area contributed by atoms with Crippen molar-refractivity contribution in [3.05, 3.63) is 48.0 Å². The number of benzene rings is 1. The van der Waals surface area contributed by atoms with E-state index in [1.54, 1.807) is 27.7 Å². The molecule has 26 heteroatoms. The van der Waals surface area contributed by atoms with Crippen LogP contribution < -0.4 is 48.7 Å². The number of aromatic amines is 1. The number of aromatic hydroxyl groups is 1. The zero-order valence-corrected chi connectivity index (χ0v) is 40.4. The lowest BCUT2D eigenvalue weighted by molar-refractivity contribution is -0.147. The van der Waals surface area contributed by atoms with E-state index >= 15 is 0 Å². The summed E-state index contributed by atoms with van der Waals surface area (Å²) in [6.45, 7) is 8.04. The van der Waals surface area contributed by atoms with Crippen LogP contribution in [0.25, 0.3) is 0 Å². The molecular formula is C45H69N13O13. The molecule has 0 saturated carbocycles. The number of imidazole rings is 1. The van der Waals surface area contributed by atoms with Crippen LogP contribution in [-0.4, -0.2) is 162 Å². The molecule has 0 aliphatic carbocycles. The van der Waals surface area contributed by atoms with Gasteiger partial charge in [0.1, 0.15) is 42.0 Å². The number of hydrogen-bond donors (Lipinski definition) is 15. The van der Waals surface area contributed by atoms with Gasteiger partial charge in [0.05, 0.1) is 30.6 Å². The molecule has 0 spiro atoms. The normalized spacial score (nSPS) is 17.1. The van der Waals surface area contributed by atoms with Crippen molar-refractivity contribution in [2.75, 3.05) is 13.1 Å². The Hall–Kier alpha value is -7.35. The number of carboxylic acids is 2. The average Bonchev–Trinajstić information content (AvgIpc) is 4.02. The second kappa shape index (κ2) is 27.7. The Kier molecular flexibility index (Phi) is 22.6. The Labute approximate surface area is 410 Å². The molecule has 1 aromatic carbocycles. The smallest absolute Gasteiger partial charge is 0.328 e.